The molecule has 0 aliphatic carbocycles. The maximum atomic E-state index is 6.17. The number of nitrogens with two attached hydrogens (primary N) is 1. The van der Waals surface area contributed by atoms with Gasteiger partial charge in [0.2, 0.25) is 0 Å². The van der Waals surface area contributed by atoms with Crippen molar-refractivity contribution >= 4 is 23.2 Å². The van der Waals surface area contributed by atoms with Gasteiger partial charge in [0, 0.05) is 22.0 Å². The van der Waals surface area contributed by atoms with Crippen LogP contribution in [0.3, 0.4) is 0 Å². The van der Waals surface area contributed by atoms with Gasteiger partial charge in [0.25, 0.3) is 0 Å². The molecular formula is C17H20Cl2NO2+. The fraction of sp³-hybridized carbons (Fsp3) is 0.294. The van der Waals surface area contributed by atoms with E-state index in [1.54, 1.807) is 20.3 Å². The molecule has 0 aliphatic heterocycles. The van der Waals surface area contributed by atoms with E-state index in [-0.39, 0.29) is 0 Å². The lowest BCUT2D eigenvalue weighted by molar-refractivity contribution is -0.670. The molecule has 0 saturated heterocycles. The minimum Gasteiger partial charge on any atom is -0.493 e. The summed E-state index contributed by atoms with van der Waals surface area (Å²) in [6.45, 7) is 1.83. The SMILES string of the molecule is COc1ccc(C[NH2+]CCc2ccc(Cl)cc2Cl)cc1OC. The van der Waals surface area contributed by atoms with E-state index in [1.807, 2.05) is 30.3 Å². The van der Waals surface area contributed by atoms with Crippen LogP contribution in [0.1, 0.15) is 11.1 Å². The minimum absolute atomic E-state index is 0.669. The highest BCUT2D eigenvalue weighted by atomic mass is 35.5. The third kappa shape index (κ3) is 4.54. The summed E-state index contributed by atoms with van der Waals surface area (Å²) in [6, 6.07) is 11.6. The van der Waals surface area contributed by atoms with E-state index in [4.69, 9.17) is 32.7 Å². The molecule has 2 aromatic rings. The molecule has 0 bridgehead atoms. The predicted molar refractivity (Wildman–Crippen MR) is 90.2 cm³/mol. The highest BCUT2D eigenvalue weighted by molar-refractivity contribution is 6.35. The molecule has 0 radical (unpaired) electrons. The lowest BCUT2D eigenvalue weighted by Crippen LogP contribution is -2.83. The summed E-state index contributed by atoms with van der Waals surface area (Å²) in [7, 11) is 3.29. The monoisotopic (exact) mass is 340 g/mol. The fourth-order valence-electron chi connectivity index (χ4n) is 2.26. The van der Waals surface area contributed by atoms with E-state index >= 15 is 0 Å². The standard InChI is InChI=1S/C17H19Cl2NO2/c1-21-16-6-3-12(9-17(16)22-2)11-20-8-7-13-4-5-14(18)10-15(13)19/h3-6,9-10,20H,7-8,11H2,1-2H3/p+1. The number of rotatable bonds is 7. The number of benzene rings is 2. The lowest BCUT2D eigenvalue weighted by Gasteiger charge is -2.09. The quantitative estimate of drug-likeness (QED) is 0.784. The van der Waals surface area contributed by atoms with Crippen LogP contribution >= 0.6 is 23.2 Å². The summed E-state index contributed by atoms with van der Waals surface area (Å²) in [5.41, 5.74) is 2.31. The Labute approximate surface area is 141 Å². The molecule has 0 aromatic heterocycles. The maximum absolute atomic E-state index is 6.17. The zero-order chi connectivity index (χ0) is 15.9. The van der Waals surface area contributed by atoms with Crippen molar-refractivity contribution < 1.29 is 14.8 Å². The van der Waals surface area contributed by atoms with E-state index in [0.717, 1.165) is 41.6 Å². The van der Waals surface area contributed by atoms with Gasteiger partial charge in [-0.2, -0.15) is 0 Å². The topological polar surface area (TPSA) is 35.1 Å². The van der Waals surface area contributed by atoms with Gasteiger partial charge in [-0.25, -0.2) is 0 Å². The van der Waals surface area contributed by atoms with Crippen LogP contribution < -0.4 is 14.8 Å². The second-order valence-corrected chi connectivity index (χ2v) is 5.80. The average Bonchev–Trinajstić information content (AvgIpc) is 2.53. The Morgan fingerprint density at radius 3 is 2.41 bits per heavy atom. The number of quaternary nitrogens is 1. The highest BCUT2D eigenvalue weighted by Gasteiger charge is 2.06. The van der Waals surface area contributed by atoms with Gasteiger partial charge in [-0.3, -0.25) is 0 Å². The van der Waals surface area contributed by atoms with Gasteiger partial charge in [-0.1, -0.05) is 29.3 Å². The Morgan fingerprint density at radius 2 is 1.73 bits per heavy atom. The zero-order valence-corrected chi connectivity index (χ0v) is 14.2. The first-order valence-corrected chi connectivity index (χ1v) is 7.86. The smallest absolute Gasteiger partial charge is 0.161 e. The van der Waals surface area contributed by atoms with Crippen molar-refractivity contribution in [1.82, 2.24) is 0 Å². The van der Waals surface area contributed by atoms with Gasteiger partial charge in [0.1, 0.15) is 6.54 Å². The third-order valence-electron chi connectivity index (χ3n) is 3.46. The van der Waals surface area contributed by atoms with Crippen molar-refractivity contribution in [2.75, 3.05) is 20.8 Å². The molecule has 0 unspecified atom stereocenters. The van der Waals surface area contributed by atoms with Crippen molar-refractivity contribution in [3.8, 4) is 11.5 Å². The van der Waals surface area contributed by atoms with Gasteiger partial charge in [-0.15, -0.1) is 0 Å². The van der Waals surface area contributed by atoms with Crippen LogP contribution in [0.25, 0.3) is 0 Å². The molecule has 2 N–H and O–H groups in total. The summed E-state index contributed by atoms with van der Waals surface area (Å²) < 4.78 is 10.5. The van der Waals surface area contributed by atoms with Crippen LogP contribution in [0.15, 0.2) is 36.4 Å². The number of ether oxygens (including phenoxy) is 2. The molecule has 2 rings (SSSR count). The van der Waals surface area contributed by atoms with E-state index in [0.29, 0.717) is 5.02 Å². The van der Waals surface area contributed by atoms with Gasteiger partial charge in [0.15, 0.2) is 11.5 Å². The molecular weight excluding hydrogens is 321 g/mol. The Morgan fingerprint density at radius 1 is 0.955 bits per heavy atom. The summed E-state index contributed by atoms with van der Waals surface area (Å²) in [5.74, 6) is 1.51. The maximum Gasteiger partial charge on any atom is 0.161 e. The molecule has 0 fully saturated rings. The fourth-order valence-corrected chi connectivity index (χ4v) is 2.76. The number of halogens is 2. The molecule has 2 aromatic carbocycles. The summed E-state index contributed by atoms with van der Waals surface area (Å²) >= 11 is 12.1. The molecule has 0 saturated carbocycles. The first-order valence-electron chi connectivity index (χ1n) is 7.10. The van der Waals surface area contributed by atoms with E-state index in [9.17, 15) is 0 Å². The molecule has 118 valence electrons. The molecule has 0 amide bonds. The van der Waals surface area contributed by atoms with Gasteiger partial charge >= 0.3 is 0 Å². The summed E-state index contributed by atoms with van der Waals surface area (Å²) in [5, 5.41) is 3.64. The first-order chi connectivity index (χ1) is 10.6. The van der Waals surface area contributed by atoms with Crippen LogP contribution in [0.4, 0.5) is 0 Å². The highest BCUT2D eigenvalue weighted by Crippen LogP contribution is 2.27. The van der Waals surface area contributed by atoms with Gasteiger partial charge in [0.05, 0.1) is 20.8 Å². The number of hydrogen-bond acceptors (Lipinski definition) is 2. The third-order valence-corrected chi connectivity index (χ3v) is 4.05. The zero-order valence-electron chi connectivity index (χ0n) is 12.7. The molecule has 0 spiro atoms. The van der Waals surface area contributed by atoms with Gasteiger partial charge in [-0.05, 0) is 35.9 Å². The number of hydrogen-bond donors (Lipinski definition) is 1. The summed E-state index contributed by atoms with van der Waals surface area (Å²) in [4.78, 5) is 0. The molecule has 0 aliphatic rings. The second kappa shape index (κ2) is 8.28. The van der Waals surface area contributed by atoms with Crippen molar-refractivity contribution in [2.24, 2.45) is 0 Å². The van der Waals surface area contributed by atoms with Crippen LogP contribution in [0.5, 0.6) is 11.5 Å². The normalized spacial score (nSPS) is 10.5. The number of methoxy groups -OCH3 is 2. The molecule has 0 heterocycles. The average molecular weight is 341 g/mol. The van der Waals surface area contributed by atoms with Crippen LogP contribution in [-0.2, 0) is 13.0 Å². The van der Waals surface area contributed by atoms with Crippen molar-refractivity contribution in [3.05, 3.63) is 57.6 Å². The molecule has 0 atom stereocenters. The second-order valence-electron chi connectivity index (χ2n) is 4.96. The molecule has 22 heavy (non-hydrogen) atoms. The Bertz CT molecular complexity index is 632. The lowest BCUT2D eigenvalue weighted by atomic mass is 10.1. The van der Waals surface area contributed by atoms with Crippen LogP contribution in [-0.4, -0.2) is 20.8 Å². The van der Waals surface area contributed by atoms with Crippen molar-refractivity contribution in [1.29, 1.82) is 0 Å². The Hall–Kier alpha value is -1.42. The largest absolute Gasteiger partial charge is 0.493 e. The van der Waals surface area contributed by atoms with E-state index in [1.165, 1.54) is 5.56 Å². The van der Waals surface area contributed by atoms with Crippen LogP contribution in [0.2, 0.25) is 10.0 Å². The molecule has 3 nitrogen and oxygen atoms in total. The van der Waals surface area contributed by atoms with E-state index < -0.39 is 0 Å². The van der Waals surface area contributed by atoms with Crippen molar-refractivity contribution in [2.45, 2.75) is 13.0 Å². The van der Waals surface area contributed by atoms with Crippen molar-refractivity contribution in [3.63, 3.8) is 0 Å². The Kier molecular flexibility index (Phi) is 6.37. The van der Waals surface area contributed by atoms with Gasteiger partial charge < -0.3 is 14.8 Å². The summed E-state index contributed by atoms with van der Waals surface area (Å²) in [6.07, 6.45) is 0.906. The minimum atomic E-state index is 0.669. The van der Waals surface area contributed by atoms with E-state index in [2.05, 4.69) is 5.32 Å². The predicted octanol–water partition coefficient (Wildman–Crippen LogP) is 3.32. The first kappa shape index (κ1) is 16.9. The Balaban J connectivity index is 1.86. The molecule has 5 heteroatoms. The van der Waals surface area contributed by atoms with Crippen LogP contribution in [0, 0.1) is 0 Å².